The van der Waals surface area contributed by atoms with Gasteiger partial charge in [0, 0.05) is 0 Å². The molecule has 0 bridgehead atoms. The van der Waals surface area contributed by atoms with Crippen LogP contribution in [0.5, 0.6) is 0 Å². The minimum atomic E-state index is 0.913. The molecule has 2 aliphatic rings. The third-order valence-electron chi connectivity index (χ3n) is 3.01. The van der Waals surface area contributed by atoms with E-state index in [1.54, 1.807) is 0 Å². The Morgan fingerprint density at radius 1 is 1.30 bits per heavy atom. The zero-order valence-electron chi connectivity index (χ0n) is 6.93. The molecule has 1 N–H and O–H groups in total. The van der Waals surface area contributed by atoms with Gasteiger partial charge in [0.2, 0.25) is 0 Å². The highest BCUT2D eigenvalue weighted by Gasteiger charge is 2.52. The van der Waals surface area contributed by atoms with Crippen molar-refractivity contribution in [2.24, 2.45) is 23.7 Å². The van der Waals surface area contributed by atoms with Crippen LogP contribution >= 0.6 is 0 Å². The lowest BCUT2D eigenvalue weighted by Gasteiger charge is -2.05. The van der Waals surface area contributed by atoms with E-state index in [1.807, 2.05) is 0 Å². The zero-order valence-corrected chi connectivity index (χ0v) is 6.93. The second-order valence-corrected chi connectivity index (χ2v) is 4.28. The van der Waals surface area contributed by atoms with Gasteiger partial charge in [-0.15, -0.1) is 0 Å². The van der Waals surface area contributed by atoms with Crippen molar-refractivity contribution in [3.05, 3.63) is 0 Å². The van der Waals surface area contributed by atoms with Crippen LogP contribution in [0.4, 0.5) is 0 Å². The third-order valence-corrected chi connectivity index (χ3v) is 3.01. The molecule has 1 nitrogen and oxygen atoms in total. The summed E-state index contributed by atoms with van der Waals surface area (Å²) in [6, 6.07) is 0. The largest absolute Gasteiger partial charge is 0.316 e. The molecule has 10 heavy (non-hydrogen) atoms. The molecule has 0 radical (unpaired) electrons. The van der Waals surface area contributed by atoms with Crippen LogP contribution in [0.2, 0.25) is 0 Å². The predicted molar refractivity (Wildman–Crippen MR) is 42.8 cm³/mol. The van der Waals surface area contributed by atoms with Crippen LogP contribution in [0, 0.1) is 23.7 Å². The molecule has 0 spiro atoms. The van der Waals surface area contributed by atoms with Crippen molar-refractivity contribution < 1.29 is 0 Å². The predicted octanol–water partition coefficient (Wildman–Crippen LogP) is 1.50. The van der Waals surface area contributed by atoms with Gasteiger partial charge in [-0.25, -0.2) is 0 Å². The average molecular weight is 139 g/mol. The quantitative estimate of drug-likeness (QED) is 0.611. The van der Waals surface area contributed by atoms with Crippen molar-refractivity contribution >= 4 is 0 Å². The lowest BCUT2D eigenvalue weighted by Crippen LogP contribution is -2.15. The van der Waals surface area contributed by atoms with E-state index in [4.69, 9.17) is 0 Å². The standard InChI is InChI=1S/C9H17N/c1-6(2)3-7-8-4-10-5-9(7)8/h6-10H,3-5H2,1-2H3. The molecule has 0 aromatic heterocycles. The first-order valence-corrected chi connectivity index (χ1v) is 4.49. The van der Waals surface area contributed by atoms with Gasteiger partial charge in [-0.1, -0.05) is 13.8 Å². The molecule has 2 fully saturated rings. The highest BCUT2D eigenvalue weighted by molar-refractivity contribution is 5.03. The zero-order chi connectivity index (χ0) is 7.14. The second-order valence-electron chi connectivity index (χ2n) is 4.28. The summed E-state index contributed by atoms with van der Waals surface area (Å²) >= 11 is 0. The van der Waals surface area contributed by atoms with Gasteiger partial charge < -0.3 is 5.32 Å². The first-order chi connectivity index (χ1) is 4.79. The fourth-order valence-electron chi connectivity index (χ4n) is 2.44. The minimum absolute atomic E-state index is 0.913. The summed E-state index contributed by atoms with van der Waals surface area (Å²) in [6.45, 7) is 7.28. The number of nitrogens with one attached hydrogen (secondary N) is 1. The summed E-state index contributed by atoms with van der Waals surface area (Å²) in [5.74, 6) is 4.15. The van der Waals surface area contributed by atoms with Crippen LogP contribution in [0.3, 0.4) is 0 Å². The molecular weight excluding hydrogens is 122 g/mol. The van der Waals surface area contributed by atoms with Crippen molar-refractivity contribution in [3.63, 3.8) is 0 Å². The van der Waals surface area contributed by atoms with E-state index in [1.165, 1.54) is 19.5 Å². The molecule has 1 aliphatic carbocycles. The van der Waals surface area contributed by atoms with Crippen LogP contribution in [0.25, 0.3) is 0 Å². The summed E-state index contributed by atoms with van der Waals surface area (Å²) < 4.78 is 0. The number of piperidine rings is 1. The number of hydrogen-bond donors (Lipinski definition) is 1. The minimum Gasteiger partial charge on any atom is -0.316 e. The van der Waals surface area contributed by atoms with E-state index in [9.17, 15) is 0 Å². The molecule has 1 aliphatic heterocycles. The first kappa shape index (κ1) is 6.66. The van der Waals surface area contributed by atoms with Crippen molar-refractivity contribution in [2.75, 3.05) is 13.1 Å². The maximum absolute atomic E-state index is 3.42. The molecule has 1 heterocycles. The maximum atomic E-state index is 3.42. The SMILES string of the molecule is CC(C)CC1C2CNCC21. The molecule has 1 saturated carbocycles. The fourth-order valence-corrected chi connectivity index (χ4v) is 2.44. The summed E-state index contributed by atoms with van der Waals surface area (Å²) in [4.78, 5) is 0. The molecule has 0 aromatic rings. The van der Waals surface area contributed by atoms with Crippen LogP contribution in [0.1, 0.15) is 20.3 Å². The van der Waals surface area contributed by atoms with Gasteiger partial charge in [0.25, 0.3) is 0 Å². The summed E-state index contributed by atoms with van der Waals surface area (Å²) in [5.41, 5.74) is 0. The van der Waals surface area contributed by atoms with E-state index in [0.29, 0.717) is 0 Å². The molecule has 0 aromatic carbocycles. The number of hydrogen-bond acceptors (Lipinski definition) is 1. The normalized spacial score (nSPS) is 44.1. The van der Waals surface area contributed by atoms with Crippen molar-refractivity contribution in [3.8, 4) is 0 Å². The van der Waals surface area contributed by atoms with E-state index < -0.39 is 0 Å². The highest BCUT2D eigenvalue weighted by Crippen LogP contribution is 2.51. The lowest BCUT2D eigenvalue weighted by atomic mass is 10.0. The molecule has 1 heteroatoms. The highest BCUT2D eigenvalue weighted by atomic mass is 15.0. The van der Waals surface area contributed by atoms with Gasteiger partial charge in [0.05, 0.1) is 0 Å². The summed E-state index contributed by atoms with van der Waals surface area (Å²) in [7, 11) is 0. The Morgan fingerprint density at radius 3 is 2.40 bits per heavy atom. The number of rotatable bonds is 2. The Balaban J connectivity index is 1.79. The van der Waals surface area contributed by atoms with E-state index >= 15 is 0 Å². The van der Waals surface area contributed by atoms with Crippen LogP contribution in [-0.2, 0) is 0 Å². The van der Waals surface area contributed by atoms with Crippen molar-refractivity contribution in [1.29, 1.82) is 0 Å². The van der Waals surface area contributed by atoms with Crippen LogP contribution < -0.4 is 5.32 Å². The molecule has 2 atom stereocenters. The fraction of sp³-hybridized carbons (Fsp3) is 1.00. The van der Waals surface area contributed by atoms with Gasteiger partial charge in [-0.2, -0.15) is 0 Å². The summed E-state index contributed by atoms with van der Waals surface area (Å²) in [5, 5.41) is 3.42. The molecule has 1 saturated heterocycles. The molecule has 0 amide bonds. The van der Waals surface area contributed by atoms with Crippen molar-refractivity contribution in [2.45, 2.75) is 20.3 Å². The van der Waals surface area contributed by atoms with Crippen LogP contribution in [-0.4, -0.2) is 13.1 Å². The van der Waals surface area contributed by atoms with Gasteiger partial charge in [0.1, 0.15) is 0 Å². The Bertz CT molecular complexity index is 121. The van der Waals surface area contributed by atoms with Gasteiger partial charge >= 0.3 is 0 Å². The lowest BCUT2D eigenvalue weighted by molar-refractivity contribution is 0.472. The Kier molecular flexibility index (Phi) is 1.48. The monoisotopic (exact) mass is 139 g/mol. The third kappa shape index (κ3) is 0.968. The van der Waals surface area contributed by atoms with E-state index in [-0.39, 0.29) is 0 Å². The van der Waals surface area contributed by atoms with E-state index in [2.05, 4.69) is 19.2 Å². The van der Waals surface area contributed by atoms with Gasteiger partial charge in [-0.3, -0.25) is 0 Å². The van der Waals surface area contributed by atoms with Crippen molar-refractivity contribution in [1.82, 2.24) is 5.32 Å². The van der Waals surface area contributed by atoms with E-state index in [0.717, 1.165) is 23.7 Å². The van der Waals surface area contributed by atoms with Gasteiger partial charge in [-0.05, 0) is 43.2 Å². The molecule has 58 valence electrons. The Hall–Kier alpha value is -0.0400. The maximum Gasteiger partial charge on any atom is -0.00144 e. The Labute approximate surface area is 63.2 Å². The Morgan fingerprint density at radius 2 is 1.90 bits per heavy atom. The van der Waals surface area contributed by atoms with Crippen LogP contribution in [0.15, 0.2) is 0 Å². The topological polar surface area (TPSA) is 12.0 Å². The smallest absolute Gasteiger partial charge is 0.00144 e. The average Bonchev–Trinajstić information content (AvgIpc) is 2.40. The second kappa shape index (κ2) is 2.23. The van der Waals surface area contributed by atoms with Gasteiger partial charge in [0.15, 0.2) is 0 Å². The molecule has 2 rings (SSSR count). The molecular formula is C9H17N. The number of fused-ring (bicyclic) bond motifs is 1. The first-order valence-electron chi connectivity index (χ1n) is 4.49. The molecule has 2 unspecified atom stereocenters. The summed E-state index contributed by atoms with van der Waals surface area (Å²) in [6.07, 6.45) is 1.47.